The minimum absolute atomic E-state index is 0.210. The Bertz CT molecular complexity index is 293. The topological polar surface area (TPSA) is 17.1 Å². The van der Waals surface area contributed by atoms with Gasteiger partial charge < -0.3 is 0 Å². The Morgan fingerprint density at radius 2 is 1.79 bits per heavy atom. The second-order valence-corrected chi connectivity index (χ2v) is 4.51. The van der Waals surface area contributed by atoms with E-state index in [4.69, 9.17) is 0 Å². The zero-order chi connectivity index (χ0) is 10.6. The summed E-state index contributed by atoms with van der Waals surface area (Å²) >= 11 is 0. The molecule has 0 aliphatic carbocycles. The zero-order valence-corrected chi connectivity index (χ0v) is 9.08. The average molecular weight is 189 g/mol. The van der Waals surface area contributed by atoms with E-state index in [9.17, 15) is 4.79 Å². The molecular weight excluding hydrogens is 172 g/mol. The van der Waals surface area contributed by atoms with Crippen molar-refractivity contribution in [3.63, 3.8) is 0 Å². The third-order valence-electron chi connectivity index (χ3n) is 2.11. The average Bonchev–Trinajstić information content (AvgIpc) is 2.14. The molecule has 0 fully saturated rings. The van der Waals surface area contributed by atoms with Crippen LogP contribution in [0.2, 0.25) is 0 Å². The molecule has 0 saturated carbocycles. The predicted octanol–water partition coefficient (Wildman–Crippen LogP) is 3.05. The lowest BCUT2D eigenvalue weighted by Crippen LogP contribution is -2.20. The summed E-state index contributed by atoms with van der Waals surface area (Å²) in [4.78, 5) is 11.6. The largest absolute Gasteiger partial charge is 0.299 e. The van der Waals surface area contributed by atoms with Gasteiger partial charge in [-0.3, -0.25) is 4.79 Å². The summed E-state index contributed by atoms with van der Waals surface area (Å²) in [6.07, 6.45) is 2.51. The number of hydrogen-bond acceptors (Lipinski definition) is 1. The molecule has 0 heterocycles. The van der Waals surface area contributed by atoms with E-state index in [2.05, 4.69) is 0 Å². The lowest BCUT2D eigenvalue weighted by Gasteiger charge is -2.15. The van der Waals surface area contributed by atoms with Crippen molar-refractivity contribution in [1.82, 2.24) is 0 Å². The van der Waals surface area contributed by atoms with Crippen LogP contribution in [0.3, 0.4) is 0 Å². The summed E-state index contributed by atoms with van der Waals surface area (Å²) in [6.45, 7) is 5.82. The highest BCUT2D eigenvalue weighted by molar-refractivity contribution is 5.91. The van der Waals surface area contributed by atoms with E-state index in [0.29, 0.717) is 0 Å². The van der Waals surface area contributed by atoms with Crippen LogP contribution in [-0.2, 0) is 11.2 Å². The molecule has 1 nitrogen and oxygen atoms in total. The van der Waals surface area contributed by atoms with Gasteiger partial charge in [-0.05, 0) is 12.0 Å². The van der Waals surface area contributed by atoms with Gasteiger partial charge in [0.1, 0.15) is 5.78 Å². The minimum Gasteiger partial charge on any atom is -0.299 e. The van der Waals surface area contributed by atoms with Crippen LogP contribution in [0.1, 0.15) is 26.3 Å². The van der Waals surface area contributed by atoms with Crippen LogP contribution in [-0.4, -0.2) is 5.78 Å². The van der Waals surface area contributed by atoms with Crippen molar-refractivity contribution in [3.8, 4) is 0 Å². The molecule has 0 spiro atoms. The van der Waals surface area contributed by atoms with E-state index in [-0.39, 0.29) is 11.2 Å². The summed E-state index contributed by atoms with van der Waals surface area (Å²) in [5.41, 5.74) is 0.930. The van der Waals surface area contributed by atoms with Gasteiger partial charge >= 0.3 is 0 Å². The summed E-state index contributed by atoms with van der Waals surface area (Å²) in [6, 6.07) is 10.0. The standard InChI is InChI=1S/C13H17O/c1-13(2,3)12(14)10-9-11-7-5-4-6-8-11/h4-8,10H,9H2,1-3H3. The lowest BCUT2D eigenvalue weighted by atomic mass is 9.87. The maximum Gasteiger partial charge on any atom is 0.142 e. The Balaban J connectivity index is 2.46. The maximum atomic E-state index is 11.6. The van der Waals surface area contributed by atoms with Crippen LogP contribution < -0.4 is 0 Å². The number of hydrogen-bond donors (Lipinski definition) is 0. The van der Waals surface area contributed by atoms with Crippen molar-refractivity contribution in [2.45, 2.75) is 27.2 Å². The second-order valence-electron chi connectivity index (χ2n) is 4.51. The van der Waals surface area contributed by atoms with Gasteiger partial charge in [0.05, 0.1) is 0 Å². The van der Waals surface area contributed by atoms with E-state index >= 15 is 0 Å². The molecule has 1 rings (SSSR count). The number of rotatable bonds is 3. The van der Waals surface area contributed by atoms with Crippen LogP contribution in [0.5, 0.6) is 0 Å². The Morgan fingerprint density at radius 3 is 2.29 bits per heavy atom. The lowest BCUT2D eigenvalue weighted by molar-refractivity contribution is -0.122. The molecule has 14 heavy (non-hydrogen) atoms. The quantitative estimate of drug-likeness (QED) is 0.714. The predicted molar refractivity (Wildman–Crippen MR) is 58.9 cm³/mol. The molecule has 1 heteroatoms. The first-order chi connectivity index (χ1) is 6.50. The van der Waals surface area contributed by atoms with Crippen molar-refractivity contribution < 1.29 is 4.79 Å². The van der Waals surface area contributed by atoms with E-state index in [1.807, 2.05) is 51.1 Å². The van der Waals surface area contributed by atoms with Gasteiger partial charge in [0, 0.05) is 11.8 Å². The molecule has 0 aromatic heterocycles. The summed E-state index contributed by atoms with van der Waals surface area (Å²) < 4.78 is 0. The van der Waals surface area contributed by atoms with Crippen molar-refractivity contribution in [2.75, 3.05) is 0 Å². The first-order valence-electron chi connectivity index (χ1n) is 4.92. The Labute approximate surface area is 86.1 Å². The molecule has 0 amide bonds. The van der Waals surface area contributed by atoms with E-state index < -0.39 is 0 Å². The zero-order valence-electron chi connectivity index (χ0n) is 9.08. The molecule has 0 bridgehead atoms. The molecule has 1 aromatic carbocycles. The van der Waals surface area contributed by atoms with E-state index in [1.54, 1.807) is 6.42 Å². The molecule has 0 atom stereocenters. The fourth-order valence-corrected chi connectivity index (χ4v) is 1.13. The summed E-state index contributed by atoms with van der Waals surface area (Å²) in [5.74, 6) is 0.210. The summed E-state index contributed by atoms with van der Waals surface area (Å²) in [5, 5.41) is 0. The number of ketones is 1. The normalized spacial score (nSPS) is 11.4. The highest BCUT2D eigenvalue weighted by atomic mass is 16.1. The van der Waals surface area contributed by atoms with Crippen LogP contribution in [0.25, 0.3) is 0 Å². The molecule has 0 N–H and O–H groups in total. The molecule has 1 aromatic rings. The van der Waals surface area contributed by atoms with Gasteiger partial charge in [-0.15, -0.1) is 0 Å². The van der Waals surface area contributed by atoms with Gasteiger partial charge in [0.15, 0.2) is 0 Å². The van der Waals surface area contributed by atoms with Gasteiger partial charge in [-0.1, -0.05) is 51.1 Å². The fourth-order valence-electron chi connectivity index (χ4n) is 1.13. The van der Waals surface area contributed by atoms with Crippen LogP contribution >= 0.6 is 0 Å². The van der Waals surface area contributed by atoms with Crippen LogP contribution in [0.15, 0.2) is 30.3 Å². The van der Waals surface area contributed by atoms with Crippen molar-refractivity contribution in [3.05, 3.63) is 42.3 Å². The van der Waals surface area contributed by atoms with Gasteiger partial charge in [0.25, 0.3) is 0 Å². The SMILES string of the molecule is CC(C)(C)C(=O)[CH]Cc1ccccc1. The molecule has 0 unspecified atom stereocenters. The van der Waals surface area contributed by atoms with E-state index in [0.717, 1.165) is 6.42 Å². The van der Waals surface area contributed by atoms with E-state index in [1.165, 1.54) is 5.56 Å². The van der Waals surface area contributed by atoms with Crippen molar-refractivity contribution >= 4 is 5.78 Å². The first-order valence-corrected chi connectivity index (χ1v) is 4.92. The number of carbonyl (C=O) groups is 1. The number of Topliss-reactive ketones (excluding diaryl/α,β-unsaturated/α-hetero) is 1. The Kier molecular flexibility index (Phi) is 3.45. The maximum absolute atomic E-state index is 11.6. The van der Waals surface area contributed by atoms with Gasteiger partial charge in [-0.2, -0.15) is 0 Å². The molecule has 1 radical (unpaired) electrons. The third kappa shape index (κ3) is 3.33. The summed E-state index contributed by atoms with van der Waals surface area (Å²) in [7, 11) is 0. The fraction of sp³-hybridized carbons (Fsp3) is 0.385. The third-order valence-corrected chi connectivity index (χ3v) is 2.11. The number of benzene rings is 1. The first kappa shape index (κ1) is 11.0. The van der Waals surface area contributed by atoms with Gasteiger partial charge in [-0.25, -0.2) is 0 Å². The highest BCUT2D eigenvalue weighted by Gasteiger charge is 2.20. The number of carbonyl (C=O) groups excluding carboxylic acids is 1. The second kappa shape index (κ2) is 4.41. The molecule has 0 aliphatic heterocycles. The van der Waals surface area contributed by atoms with Gasteiger partial charge in [0.2, 0.25) is 0 Å². The molecule has 0 aliphatic rings. The molecular formula is C13H17O. The van der Waals surface area contributed by atoms with Crippen molar-refractivity contribution in [1.29, 1.82) is 0 Å². The van der Waals surface area contributed by atoms with Crippen molar-refractivity contribution in [2.24, 2.45) is 5.41 Å². The highest BCUT2D eigenvalue weighted by Crippen LogP contribution is 2.17. The smallest absolute Gasteiger partial charge is 0.142 e. The van der Waals surface area contributed by atoms with Crippen LogP contribution in [0.4, 0.5) is 0 Å². The Morgan fingerprint density at radius 1 is 1.21 bits per heavy atom. The van der Waals surface area contributed by atoms with Crippen LogP contribution in [0, 0.1) is 11.8 Å². The monoisotopic (exact) mass is 189 g/mol. The minimum atomic E-state index is -0.255. The molecule has 75 valence electrons. The molecule has 0 saturated heterocycles. The Hall–Kier alpha value is -1.11.